The maximum atomic E-state index is 12.5. The number of hydrogen-bond donors (Lipinski definition) is 6. The number of benzene rings is 1. The molecule has 0 fully saturated rings. The zero-order chi connectivity index (χ0) is 22.5. The Labute approximate surface area is 179 Å². The summed E-state index contributed by atoms with van der Waals surface area (Å²) in [4.78, 5) is 47.8. The molecule has 0 radical (unpaired) electrons. The molecule has 0 heterocycles. The fourth-order valence-electron chi connectivity index (χ4n) is 2.44. The number of hydrogen-bond acceptors (Lipinski definition) is 7. The predicted octanol–water partition coefficient (Wildman–Crippen LogP) is -1.53. The van der Waals surface area contributed by atoms with E-state index < -0.39 is 48.4 Å². The highest BCUT2D eigenvalue weighted by Crippen LogP contribution is 2.04. The molecule has 1 rings (SSSR count). The van der Waals surface area contributed by atoms with Crippen LogP contribution in [0.2, 0.25) is 0 Å². The van der Waals surface area contributed by atoms with Gasteiger partial charge in [0, 0.05) is 6.42 Å². The maximum Gasteiger partial charge on any atom is 0.328 e. The van der Waals surface area contributed by atoms with Gasteiger partial charge in [0.2, 0.25) is 17.7 Å². The first-order valence-electron chi connectivity index (χ1n) is 9.28. The number of carboxylic acid groups (broad SMARTS) is 1. The van der Waals surface area contributed by atoms with Crippen molar-refractivity contribution < 1.29 is 29.4 Å². The summed E-state index contributed by atoms with van der Waals surface area (Å²) < 4.78 is 0. The Bertz CT molecular complexity index is 718. The third-order valence-electron chi connectivity index (χ3n) is 4.12. The van der Waals surface area contributed by atoms with E-state index in [9.17, 15) is 19.2 Å². The van der Waals surface area contributed by atoms with Gasteiger partial charge < -0.3 is 31.9 Å². The zero-order valence-corrected chi connectivity index (χ0v) is 17.5. The highest BCUT2D eigenvalue weighted by molar-refractivity contribution is 7.98. The lowest BCUT2D eigenvalue weighted by molar-refractivity contribution is -0.143. The lowest BCUT2D eigenvalue weighted by atomic mass is 10.0. The molecule has 1 aromatic carbocycles. The SMILES string of the molecule is CSCCC(N)C(=O)NCC(=O)NC(Cc1ccccc1)C(=O)NC(CO)C(=O)O. The summed E-state index contributed by atoms with van der Waals surface area (Å²) in [5, 5.41) is 25.2. The van der Waals surface area contributed by atoms with Crippen molar-refractivity contribution in [2.24, 2.45) is 5.73 Å². The molecule has 3 amide bonds. The van der Waals surface area contributed by atoms with Gasteiger partial charge in [0.25, 0.3) is 0 Å². The number of aliphatic hydroxyl groups excluding tert-OH is 1. The minimum Gasteiger partial charge on any atom is -0.480 e. The highest BCUT2D eigenvalue weighted by atomic mass is 32.2. The van der Waals surface area contributed by atoms with Crippen LogP contribution in [0.1, 0.15) is 12.0 Å². The van der Waals surface area contributed by atoms with E-state index >= 15 is 0 Å². The van der Waals surface area contributed by atoms with Gasteiger partial charge >= 0.3 is 5.97 Å². The van der Waals surface area contributed by atoms with Crippen molar-refractivity contribution in [3.8, 4) is 0 Å². The van der Waals surface area contributed by atoms with Gasteiger partial charge in [-0.25, -0.2) is 4.79 Å². The number of rotatable bonds is 13. The standard InChI is InChI=1S/C19H28N4O6S/c1-30-8-7-13(20)17(26)21-10-16(25)22-14(9-12-5-3-2-4-6-12)18(27)23-15(11-24)19(28)29/h2-6,13-15,24H,7-11,20H2,1H3,(H,21,26)(H,22,25)(H,23,27)(H,28,29). The van der Waals surface area contributed by atoms with Crippen LogP contribution in [0.5, 0.6) is 0 Å². The van der Waals surface area contributed by atoms with Crippen LogP contribution < -0.4 is 21.7 Å². The first-order chi connectivity index (χ1) is 14.3. The Morgan fingerprint density at radius 3 is 2.30 bits per heavy atom. The first-order valence-corrected chi connectivity index (χ1v) is 10.7. The van der Waals surface area contributed by atoms with Gasteiger partial charge in [-0.05, 0) is 24.0 Å². The molecule has 0 aliphatic carbocycles. The fraction of sp³-hybridized carbons (Fsp3) is 0.474. The highest BCUT2D eigenvalue weighted by Gasteiger charge is 2.26. The van der Waals surface area contributed by atoms with Crippen LogP contribution in [0.4, 0.5) is 0 Å². The van der Waals surface area contributed by atoms with Crippen molar-refractivity contribution in [3.05, 3.63) is 35.9 Å². The van der Waals surface area contributed by atoms with Crippen LogP contribution in [0, 0.1) is 0 Å². The minimum absolute atomic E-state index is 0.0946. The molecule has 11 heteroatoms. The molecule has 0 saturated heterocycles. The number of aliphatic carboxylic acids is 1. The van der Waals surface area contributed by atoms with E-state index in [0.29, 0.717) is 12.2 Å². The monoisotopic (exact) mass is 440 g/mol. The normalized spacial score (nSPS) is 13.6. The van der Waals surface area contributed by atoms with Crippen LogP contribution in [0.15, 0.2) is 30.3 Å². The number of nitrogens with one attached hydrogen (secondary N) is 3. The lowest BCUT2D eigenvalue weighted by Gasteiger charge is -2.21. The van der Waals surface area contributed by atoms with Crippen molar-refractivity contribution in [1.29, 1.82) is 0 Å². The van der Waals surface area contributed by atoms with Crippen LogP contribution >= 0.6 is 11.8 Å². The summed E-state index contributed by atoms with van der Waals surface area (Å²) >= 11 is 1.55. The zero-order valence-electron chi connectivity index (χ0n) is 16.7. The topological polar surface area (TPSA) is 171 Å². The number of aliphatic hydroxyl groups is 1. The molecule has 0 aliphatic rings. The molecular formula is C19H28N4O6S. The van der Waals surface area contributed by atoms with Gasteiger partial charge in [-0.2, -0.15) is 11.8 Å². The van der Waals surface area contributed by atoms with Gasteiger partial charge in [0.05, 0.1) is 19.2 Å². The third kappa shape index (κ3) is 9.25. The Balaban J connectivity index is 2.74. The maximum absolute atomic E-state index is 12.5. The molecule has 166 valence electrons. The molecule has 30 heavy (non-hydrogen) atoms. The molecule has 3 unspecified atom stereocenters. The van der Waals surface area contributed by atoms with E-state index in [1.807, 2.05) is 6.26 Å². The third-order valence-corrected chi connectivity index (χ3v) is 4.77. The van der Waals surface area contributed by atoms with E-state index in [1.54, 1.807) is 42.1 Å². The largest absolute Gasteiger partial charge is 0.480 e. The van der Waals surface area contributed by atoms with Gasteiger partial charge in [-0.15, -0.1) is 0 Å². The van der Waals surface area contributed by atoms with E-state index in [-0.39, 0.29) is 13.0 Å². The second-order valence-electron chi connectivity index (χ2n) is 6.50. The molecule has 0 aromatic heterocycles. The molecule has 0 aliphatic heterocycles. The van der Waals surface area contributed by atoms with Crippen LogP contribution in [0.3, 0.4) is 0 Å². The first kappa shape index (κ1) is 25.4. The van der Waals surface area contributed by atoms with Gasteiger partial charge in [0.1, 0.15) is 12.1 Å². The Hall–Kier alpha value is -2.63. The van der Waals surface area contributed by atoms with Crippen LogP contribution in [-0.4, -0.2) is 77.2 Å². The summed E-state index contributed by atoms with van der Waals surface area (Å²) in [7, 11) is 0. The van der Waals surface area contributed by atoms with E-state index in [4.69, 9.17) is 15.9 Å². The smallest absolute Gasteiger partial charge is 0.328 e. The molecule has 0 saturated carbocycles. The number of nitrogens with two attached hydrogens (primary N) is 1. The van der Waals surface area contributed by atoms with Crippen LogP contribution in [0.25, 0.3) is 0 Å². The molecule has 7 N–H and O–H groups in total. The number of carbonyl (C=O) groups is 4. The van der Waals surface area contributed by atoms with Crippen molar-refractivity contribution in [2.75, 3.05) is 25.2 Å². The second kappa shape index (κ2) is 13.6. The molecule has 1 aromatic rings. The average molecular weight is 441 g/mol. The van der Waals surface area contributed by atoms with E-state index in [1.165, 1.54) is 0 Å². The lowest BCUT2D eigenvalue weighted by Crippen LogP contribution is -2.55. The summed E-state index contributed by atoms with van der Waals surface area (Å²) in [6.45, 7) is -1.18. The molecule has 3 atom stereocenters. The van der Waals surface area contributed by atoms with Crippen molar-refractivity contribution >= 4 is 35.5 Å². The number of carbonyl (C=O) groups excluding carboxylic acids is 3. The summed E-state index contributed by atoms with van der Waals surface area (Å²) in [6, 6.07) is 5.47. The van der Waals surface area contributed by atoms with E-state index in [0.717, 1.165) is 5.56 Å². The average Bonchev–Trinajstić information content (AvgIpc) is 2.73. The second-order valence-corrected chi connectivity index (χ2v) is 7.48. The molecule has 10 nitrogen and oxygen atoms in total. The Morgan fingerprint density at radius 1 is 1.07 bits per heavy atom. The minimum atomic E-state index is -1.50. The van der Waals surface area contributed by atoms with Gasteiger partial charge in [0.15, 0.2) is 0 Å². The molecule has 0 bridgehead atoms. The predicted molar refractivity (Wildman–Crippen MR) is 113 cm³/mol. The van der Waals surface area contributed by atoms with Gasteiger partial charge in [-0.3, -0.25) is 14.4 Å². The number of thioether (sulfide) groups is 1. The number of amides is 3. The number of carboxylic acids is 1. The summed E-state index contributed by atoms with van der Waals surface area (Å²) in [5.41, 5.74) is 6.47. The summed E-state index contributed by atoms with van der Waals surface area (Å²) in [6.07, 6.45) is 2.45. The van der Waals surface area contributed by atoms with Crippen molar-refractivity contribution in [2.45, 2.75) is 31.0 Å². The van der Waals surface area contributed by atoms with Crippen molar-refractivity contribution in [3.63, 3.8) is 0 Å². The fourth-order valence-corrected chi connectivity index (χ4v) is 2.93. The quantitative estimate of drug-likeness (QED) is 0.214. The molecular weight excluding hydrogens is 412 g/mol. The van der Waals surface area contributed by atoms with Crippen molar-refractivity contribution in [1.82, 2.24) is 16.0 Å². The van der Waals surface area contributed by atoms with Crippen LogP contribution in [-0.2, 0) is 25.6 Å². The van der Waals surface area contributed by atoms with E-state index in [2.05, 4.69) is 16.0 Å². The Kier molecular flexibility index (Phi) is 11.5. The van der Waals surface area contributed by atoms with Gasteiger partial charge in [-0.1, -0.05) is 30.3 Å². The summed E-state index contributed by atoms with van der Waals surface area (Å²) in [5.74, 6) is -2.57. The Morgan fingerprint density at radius 2 is 1.73 bits per heavy atom. The molecule has 0 spiro atoms.